The molecule has 0 aromatic heterocycles. The van der Waals surface area contributed by atoms with Gasteiger partial charge in [0.15, 0.2) is 0 Å². The molecule has 1 fully saturated rings. The fourth-order valence-electron chi connectivity index (χ4n) is 2.69. The molecule has 106 valence electrons. The van der Waals surface area contributed by atoms with Crippen LogP contribution in [0.5, 0.6) is 0 Å². The predicted molar refractivity (Wildman–Crippen MR) is 79.2 cm³/mol. The van der Waals surface area contributed by atoms with E-state index in [2.05, 4.69) is 19.2 Å². The Morgan fingerprint density at radius 3 is 2.74 bits per heavy atom. The van der Waals surface area contributed by atoms with Gasteiger partial charge >= 0.3 is 0 Å². The molecule has 0 spiro atoms. The third-order valence-corrected chi connectivity index (χ3v) is 4.33. The van der Waals surface area contributed by atoms with Crippen LogP contribution in [0.25, 0.3) is 0 Å². The molecule has 1 aromatic rings. The van der Waals surface area contributed by atoms with E-state index in [1.54, 1.807) is 12.1 Å². The van der Waals surface area contributed by atoms with Crippen molar-refractivity contribution in [1.82, 2.24) is 5.32 Å². The van der Waals surface area contributed by atoms with Crippen molar-refractivity contribution in [2.24, 2.45) is 5.92 Å². The zero-order chi connectivity index (χ0) is 13.8. The molecule has 0 heterocycles. The minimum atomic E-state index is -0.168. The zero-order valence-corrected chi connectivity index (χ0v) is 12.5. The third kappa shape index (κ3) is 3.93. The highest BCUT2D eigenvalue weighted by Gasteiger charge is 2.27. The van der Waals surface area contributed by atoms with Crippen LogP contribution < -0.4 is 5.32 Å². The molecular weight excluding hydrogens is 261 g/mol. The van der Waals surface area contributed by atoms with Crippen molar-refractivity contribution in [2.75, 3.05) is 6.54 Å². The van der Waals surface area contributed by atoms with E-state index in [1.165, 1.54) is 18.9 Å². The molecule has 2 unspecified atom stereocenters. The molecule has 1 aromatic carbocycles. The summed E-state index contributed by atoms with van der Waals surface area (Å²) in [5.74, 6) is 0.429. The minimum Gasteiger partial charge on any atom is -0.313 e. The van der Waals surface area contributed by atoms with E-state index >= 15 is 0 Å². The van der Waals surface area contributed by atoms with E-state index < -0.39 is 0 Å². The van der Waals surface area contributed by atoms with Crippen molar-refractivity contribution < 1.29 is 4.39 Å². The lowest BCUT2D eigenvalue weighted by molar-refractivity contribution is 0.391. The van der Waals surface area contributed by atoms with Gasteiger partial charge in [-0.1, -0.05) is 44.4 Å². The number of hydrogen-bond acceptors (Lipinski definition) is 1. The first-order valence-corrected chi connectivity index (χ1v) is 7.68. The van der Waals surface area contributed by atoms with Crippen molar-refractivity contribution in [2.45, 2.75) is 51.5 Å². The lowest BCUT2D eigenvalue weighted by atomic mass is 9.84. The van der Waals surface area contributed by atoms with E-state index in [1.807, 2.05) is 0 Å². The highest BCUT2D eigenvalue weighted by atomic mass is 35.5. The Morgan fingerprint density at radius 2 is 2.16 bits per heavy atom. The van der Waals surface area contributed by atoms with Crippen LogP contribution in [0.15, 0.2) is 18.2 Å². The molecule has 0 aliphatic heterocycles. The molecule has 1 aliphatic rings. The van der Waals surface area contributed by atoms with Gasteiger partial charge in [0.2, 0.25) is 0 Å². The van der Waals surface area contributed by atoms with Crippen LogP contribution >= 0.6 is 11.6 Å². The Morgan fingerprint density at radius 1 is 1.42 bits per heavy atom. The number of hydrogen-bond donors (Lipinski definition) is 1. The van der Waals surface area contributed by atoms with Gasteiger partial charge < -0.3 is 5.32 Å². The van der Waals surface area contributed by atoms with Gasteiger partial charge in [0.1, 0.15) is 5.82 Å². The summed E-state index contributed by atoms with van der Waals surface area (Å²) in [7, 11) is 0. The van der Waals surface area contributed by atoms with Crippen molar-refractivity contribution in [3.8, 4) is 0 Å². The van der Waals surface area contributed by atoms with Crippen molar-refractivity contribution in [3.63, 3.8) is 0 Å². The molecule has 2 atom stereocenters. The largest absolute Gasteiger partial charge is 0.313 e. The molecule has 1 N–H and O–H groups in total. The molecule has 1 saturated carbocycles. The van der Waals surface area contributed by atoms with Crippen LogP contribution in [0.3, 0.4) is 0 Å². The number of nitrogens with one attached hydrogen (secondary N) is 1. The van der Waals surface area contributed by atoms with Gasteiger partial charge in [0.05, 0.1) is 0 Å². The molecule has 19 heavy (non-hydrogen) atoms. The minimum absolute atomic E-state index is 0.161. The van der Waals surface area contributed by atoms with E-state index in [-0.39, 0.29) is 11.7 Å². The number of benzene rings is 1. The van der Waals surface area contributed by atoms with Crippen LogP contribution in [0.4, 0.5) is 4.39 Å². The summed E-state index contributed by atoms with van der Waals surface area (Å²) in [6.45, 7) is 5.20. The molecule has 0 saturated heterocycles. The molecule has 2 rings (SSSR count). The fraction of sp³-hybridized carbons (Fsp3) is 0.625. The fourth-order valence-corrected chi connectivity index (χ4v) is 2.99. The average molecular weight is 284 g/mol. The highest BCUT2D eigenvalue weighted by molar-refractivity contribution is 6.31. The van der Waals surface area contributed by atoms with Crippen molar-refractivity contribution in [1.29, 1.82) is 0 Å². The lowest BCUT2D eigenvalue weighted by Gasteiger charge is -2.26. The van der Waals surface area contributed by atoms with Gasteiger partial charge in [-0.3, -0.25) is 0 Å². The standard InChI is InChI=1S/C16H23ClFN/c1-3-5-11(2)13(10-19-12-8-9-12)16-14(17)6-4-7-15(16)18/h4,6-7,11-13,19H,3,5,8-10H2,1-2H3. The second kappa shape index (κ2) is 6.71. The summed E-state index contributed by atoms with van der Waals surface area (Å²) in [4.78, 5) is 0. The van der Waals surface area contributed by atoms with Gasteiger partial charge in [-0.05, 0) is 30.9 Å². The maximum Gasteiger partial charge on any atom is 0.128 e. The Kier molecular flexibility index (Phi) is 5.23. The molecule has 1 aliphatic carbocycles. The zero-order valence-electron chi connectivity index (χ0n) is 11.8. The SMILES string of the molecule is CCCC(C)C(CNC1CC1)c1c(F)cccc1Cl. The molecule has 0 amide bonds. The van der Waals surface area contributed by atoms with Gasteiger partial charge in [-0.2, -0.15) is 0 Å². The Balaban J connectivity index is 2.18. The average Bonchev–Trinajstić information content (AvgIpc) is 3.17. The number of rotatable bonds is 7. The van der Waals surface area contributed by atoms with Crippen LogP contribution in [0, 0.1) is 11.7 Å². The van der Waals surface area contributed by atoms with E-state index in [9.17, 15) is 4.39 Å². The second-order valence-electron chi connectivity index (χ2n) is 5.69. The molecule has 3 heteroatoms. The van der Waals surface area contributed by atoms with Crippen molar-refractivity contribution >= 4 is 11.6 Å². The summed E-state index contributed by atoms with van der Waals surface area (Å²) in [5, 5.41) is 4.08. The highest BCUT2D eigenvalue weighted by Crippen LogP contribution is 2.35. The molecule has 0 bridgehead atoms. The normalized spacial score (nSPS) is 18.3. The summed E-state index contributed by atoms with van der Waals surface area (Å²) in [5.41, 5.74) is 0.693. The summed E-state index contributed by atoms with van der Waals surface area (Å²) < 4.78 is 14.1. The summed E-state index contributed by atoms with van der Waals surface area (Å²) >= 11 is 6.23. The third-order valence-electron chi connectivity index (χ3n) is 4.01. The summed E-state index contributed by atoms with van der Waals surface area (Å²) in [6, 6.07) is 5.63. The smallest absolute Gasteiger partial charge is 0.128 e. The maximum absolute atomic E-state index is 14.1. The quantitative estimate of drug-likeness (QED) is 0.761. The lowest BCUT2D eigenvalue weighted by Crippen LogP contribution is -2.28. The Bertz CT molecular complexity index is 397. The topological polar surface area (TPSA) is 12.0 Å². The molecule has 1 nitrogen and oxygen atoms in total. The first-order valence-electron chi connectivity index (χ1n) is 7.30. The second-order valence-corrected chi connectivity index (χ2v) is 6.10. The Labute approximate surface area is 120 Å². The van der Waals surface area contributed by atoms with Crippen LogP contribution in [-0.2, 0) is 0 Å². The Hall–Kier alpha value is -0.600. The number of halogens is 2. The van der Waals surface area contributed by atoms with Crippen molar-refractivity contribution in [3.05, 3.63) is 34.6 Å². The van der Waals surface area contributed by atoms with Gasteiger partial charge in [-0.25, -0.2) is 4.39 Å². The van der Waals surface area contributed by atoms with Gasteiger partial charge in [0, 0.05) is 29.1 Å². The molecule has 0 radical (unpaired) electrons. The maximum atomic E-state index is 14.1. The van der Waals surface area contributed by atoms with E-state index in [0.717, 1.165) is 19.4 Å². The van der Waals surface area contributed by atoms with Crippen LogP contribution in [-0.4, -0.2) is 12.6 Å². The first-order chi connectivity index (χ1) is 9.13. The van der Waals surface area contributed by atoms with Crippen LogP contribution in [0.1, 0.15) is 51.0 Å². The predicted octanol–water partition coefficient (Wildman–Crippen LogP) is 4.75. The molecular formula is C16H23ClFN. The monoisotopic (exact) mass is 283 g/mol. The first kappa shape index (κ1) is 14.8. The van der Waals surface area contributed by atoms with Crippen LogP contribution in [0.2, 0.25) is 5.02 Å². The van der Waals surface area contributed by atoms with E-state index in [4.69, 9.17) is 11.6 Å². The summed E-state index contributed by atoms with van der Waals surface area (Å²) in [6.07, 6.45) is 4.72. The van der Waals surface area contributed by atoms with E-state index in [0.29, 0.717) is 22.5 Å². The van der Waals surface area contributed by atoms with Gasteiger partial charge in [-0.15, -0.1) is 0 Å². The van der Waals surface area contributed by atoms with Gasteiger partial charge in [0.25, 0.3) is 0 Å².